The second-order valence-corrected chi connectivity index (χ2v) is 7.32. The standard InChI is InChI=1S/C19H26N2OS/c1-12-10-13(2)15(4)18(14(12)3)19(22)20-11-16(21(5)6)17-8-7-9-23-17/h7-10,16H,11H2,1-6H3,(H,20,22)/t16-/m1/s1. The molecule has 0 aliphatic heterocycles. The van der Waals surface area contributed by atoms with E-state index in [-0.39, 0.29) is 11.9 Å². The summed E-state index contributed by atoms with van der Waals surface area (Å²) in [7, 11) is 4.09. The maximum atomic E-state index is 12.8. The minimum Gasteiger partial charge on any atom is -0.350 e. The molecule has 4 heteroatoms. The minimum atomic E-state index is 0.0233. The van der Waals surface area contributed by atoms with Crippen LogP contribution < -0.4 is 5.32 Å². The first-order valence-corrected chi connectivity index (χ1v) is 8.76. The van der Waals surface area contributed by atoms with E-state index in [1.54, 1.807) is 11.3 Å². The van der Waals surface area contributed by atoms with Crippen molar-refractivity contribution in [2.24, 2.45) is 0 Å². The molecule has 1 N–H and O–H groups in total. The Morgan fingerprint density at radius 1 is 1.17 bits per heavy atom. The molecule has 2 aromatic rings. The van der Waals surface area contributed by atoms with E-state index >= 15 is 0 Å². The molecule has 0 saturated heterocycles. The summed E-state index contributed by atoms with van der Waals surface area (Å²) in [6.07, 6.45) is 0. The van der Waals surface area contributed by atoms with Crippen molar-refractivity contribution in [1.82, 2.24) is 10.2 Å². The van der Waals surface area contributed by atoms with Crippen molar-refractivity contribution in [3.05, 3.63) is 56.3 Å². The van der Waals surface area contributed by atoms with E-state index in [2.05, 4.69) is 47.6 Å². The van der Waals surface area contributed by atoms with Crippen LogP contribution in [0.3, 0.4) is 0 Å². The third kappa shape index (κ3) is 3.82. The number of carbonyl (C=O) groups excluding carboxylic acids is 1. The summed E-state index contributed by atoms with van der Waals surface area (Å²) in [5.74, 6) is 0.0233. The molecule has 1 heterocycles. The number of aryl methyl sites for hydroxylation is 2. The topological polar surface area (TPSA) is 32.3 Å². The quantitative estimate of drug-likeness (QED) is 0.898. The summed E-state index contributed by atoms with van der Waals surface area (Å²) in [5, 5.41) is 5.21. The van der Waals surface area contributed by atoms with Gasteiger partial charge in [0.2, 0.25) is 0 Å². The van der Waals surface area contributed by atoms with Crippen LogP contribution in [0.25, 0.3) is 0 Å². The first-order valence-electron chi connectivity index (χ1n) is 7.88. The van der Waals surface area contributed by atoms with Gasteiger partial charge >= 0.3 is 0 Å². The van der Waals surface area contributed by atoms with Gasteiger partial charge in [0.1, 0.15) is 0 Å². The van der Waals surface area contributed by atoms with E-state index < -0.39 is 0 Å². The number of thiophene rings is 1. The van der Waals surface area contributed by atoms with Crippen molar-refractivity contribution in [2.75, 3.05) is 20.6 Å². The van der Waals surface area contributed by atoms with E-state index in [0.717, 1.165) is 16.7 Å². The van der Waals surface area contributed by atoms with Crippen molar-refractivity contribution in [3.63, 3.8) is 0 Å². The highest BCUT2D eigenvalue weighted by Crippen LogP contribution is 2.24. The monoisotopic (exact) mass is 330 g/mol. The zero-order chi connectivity index (χ0) is 17.1. The van der Waals surface area contributed by atoms with Gasteiger partial charge in [-0.25, -0.2) is 0 Å². The molecular weight excluding hydrogens is 304 g/mol. The summed E-state index contributed by atoms with van der Waals surface area (Å²) in [6.45, 7) is 8.79. The van der Waals surface area contributed by atoms with Crippen LogP contribution in [0.4, 0.5) is 0 Å². The molecule has 1 aromatic heterocycles. The Labute approximate surface area is 143 Å². The minimum absolute atomic E-state index is 0.0233. The number of hydrogen-bond donors (Lipinski definition) is 1. The number of benzene rings is 1. The number of hydrogen-bond acceptors (Lipinski definition) is 3. The average molecular weight is 330 g/mol. The zero-order valence-electron chi connectivity index (χ0n) is 14.9. The lowest BCUT2D eigenvalue weighted by Gasteiger charge is -2.24. The molecule has 0 aliphatic carbocycles. The van der Waals surface area contributed by atoms with Gasteiger partial charge in [0, 0.05) is 17.0 Å². The van der Waals surface area contributed by atoms with Gasteiger partial charge in [-0.3, -0.25) is 4.79 Å². The largest absolute Gasteiger partial charge is 0.350 e. The van der Waals surface area contributed by atoms with Gasteiger partial charge in [0.15, 0.2) is 0 Å². The summed E-state index contributed by atoms with van der Waals surface area (Å²) < 4.78 is 0. The van der Waals surface area contributed by atoms with Crippen LogP contribution in [-0.2, 0) is 0 Å². The molecule has 0 saturated carbocycles. The smallest absolute Gasteiger partial charge is 0.251 e. The Morgan fingerprint density at radius 3 is 2.26 bits per heavy atom. The van der Waals surface area contributed by atoms with Gasteiger partial charge in [0.25, 0.3) is 5.91 Å². The van der Waals surface area contributed by atoms with Crippen LogP contribution in [0.5, 0.6) is 0 Å². The van der Waals surface area contributed by atoms with Crippen molar-refractivity contribution < 1.29 is 4.79 Å². The Hall–Kier alpha value is -1.65. The number of carbonyl (C=O) groups is 1. The van der Waals surface area contributed by atoms with E-state index in [1.165, 1.54) is 16.0 Å². The Balaban J connectivity index is 2.20. The molecule has 1 amide bonds. The molecule has 3 nitrogen and oxygen atoms in total. The number of likely N-dealkylation sites (N-methyl/N-ethyl adjacent to an activating group) is 1. The van der Waals surface area contributed by atoms with Crippen LogP contribution in [0.15, 0.2) is 23.6 Å². The molecule has 0 radical (unpaired) electrons. The van der Waals surface area contributed by atoms with Gasteiger partial charge in [0.05, 0.1) is 6.04 Å². The fourth-order valence-electron chi connectivity index (χ4n) is 2.85. The first kappa shape index (κ1) is 17.7. The summed E-state index contributed by atoms with van der Waals surface area (Å²) in [6, 6.07) is 6.52. The van der Waals surface area contributed by atoms with E-state index in [9.17, 15) is 4.79 Å². The molecule has 0 bridgehead atoms. The number of amides is 1. The Bertz CT molecular complexity index is 664. The van der Waals surface area contributed by atoms with Crippen molar-refractivity contribution in [3.8, 4) is 0 Å². The molecule has 0 spiro atoms. The fourth-order valence-corrected chi connectivity index (χ4v) is 3.78. The first-order chi connectivity index (χ1) is 10.8. The Morgan fingerprint density at radius 2 is 1.78 bits per heavy atom. The van der Waals surface area contributed by atoms with Gasteiger partial charge in [-0.15, -0.1) is 11.3 Å². The summed E-state index contributed by atoms with van der Waals surface area (Å²) >= 11 is 1.73. The van der Waals surface area contributed by atoms with E-state index in [0.29, 0.717) is 6.54 Å². The molecule has 1 atom stereocenters. The molecular formula is C19H26N2OS. The molecule has 23 heavy (non-hydrogen) atoms. The zero-order valence-corrected chi connectivity index (χ0v) is 15.7. The van der Waals surface area contributed by atoms with Gasteiger partial charge in [-0.05, 0) is 75.5 Å². The predicted molar refractivity (Wildman–Crippen MR) is 98.5 cm³/mol. The lowest BCUT2D eigenvalue weighted by atomic mass is 9.93. The van der Waals surface area contributed by atoms with Crippen LogP contribution in [-0.4, -0.2) is 31.4 Å². The number of rotatable bonds is 5. The van der Waals surface area contributed by atoms with E-state index in [1.807, 2.05) is 27.9 Å². The van der Waals surface area contributed by atoms with Crippen molar-refractivity contribution in [2.45, 2.75) is 33.7 Å². The highest BCUT2D eigenvalue weighted by atomic mass is 32.1. The summed E-state index contributed by atoms with van der Waals surface area (Å²) in [4.78, 5) is 16.2. The van der Waals surface area contributed by atoms with E-state index in [4.69, 9.17) is 0 Å². The molecule has 0 aliphatic rings. The van der Waals surface area contributed by atoms with Gasteiger partial charge in [-0.1, -0.05) is 12.1 Å². The molecule has 0 unspecified atom stereocenters. The number of nitrogens with zero attached hydrogens (tertiary/aromatic N) is 1. The maximum Gasteiger partial charge on any atom is 0.251 e. The van der Waals surface area contributed by atoms with Crippen molar-refractivity contribution in [1.29, 1.82) is 0 Å². The maximum absolute atomic E-state index is 12.8. The fraction of sp³-hybridized carbons (Fsp3) is 0.421. The third-order valence-corrected chi connectivity index (χ3v) is 5.52. The van der Waals surface area contributed by atoms with Crippen LogP contribution in [0.1, 0.15) is 43.5 Å². The number of nitrogens with one attached hydrogen (secondary N) is 1. The normalized spacial score (nSPS) is 12.5. The second-order valence-electron chi connectivity index (χ2n) is 6.34. The Kier molecular flexibility index (Phi) is 5.60. The highest BCUT2D eigenvalue weighted by molar-refractivity contribution is 7.10. The van der Waals surface area contributed by atoms with Crippen LogP contribution in [0, 0.1) is 27.7 Å². The third-order valence-electron chi connectivity index (χ3n) is 4.54. The SMILES string of the molecule is Cc1cc(C)c(C)c(C(=O)NC[C@H](c2cccs2)N(C)C)c1C. The predicted octanol–water partition coefficient (Wildman–Crippen LogP) is 4.01. The highest BCUT2D eigenvalue weighted by Gasteiger charge is 2.19. The molecule has 1 aromatic carbocycles. The molecule has 2 rings (SSSR count). The van der Waals surface area contributed by atoms with Crippen LogP contribution >= 0.6 is 11.3 Å². The van der Waals surface area contributed by atoms with Crippen molar-refractivity contribution >= 4 is 17.2 Å². The second kappa shape index (κ2) is 7.28. The van der Waals surface area contributed by atoms with Gasteiger partial charge in [-0.2, -0.15) is 0 Å². The average Bonchev–Trinajstić information content (AvgIpc) is 2.99. The molecule has 0 fully saturated rings. The lowest BCUT2D eigenvalue weighted by molar-refractivity contribution is 0.0941. The summed E-state index contributed by atoms with van der Waals surface area (Å²) in [5.41, 5.74) is 5.30. The lowest BCUT2D eigenvalue weighted by Crippen LogP contribution is -2.35. The molecule has 124 valence electrons. The van der Waals surface area contributed by atoms with Crippen LogP contribution in [0.2, 0.25) is 0 Å². The van der Waals surface area contributed by atoms with Gasteiger partial charge < -0.3 is 10.2 Å².